The number of nitrogens with one attached hydrogen (secondary N) is 1. The average molecular weight is 616 g/mol. The lowest BCUT2D eigenvalue weighted by Gasteiger charge is -2.26. The maximum Gasteiger partial charge on any atom is 0.407 e. The van der Waals surface area contributed by atoms with Gasteiger partial charge in [0.25, 0.3) is 0 Å². The van der Waals surface area contributed by atoms with Crippen LogP contribution in [0.15, 0.2) is 71.4 Å². The molecule has 1 heterocycles. The molecule has 0 bridgehead atoms. The first-order valence-corrected chi connectivity index (χ1v) is 15.9. The third-order valence-corrected chi connectivity index (χ3v) is 7.04. The summed E-state index contributed by atoms with van der Waals surface area (Å²) in [6.45, 7) is 15.9. The van der Waals surface area contributed by atoms with Crippen molar-refractivity contribution in [2.45, 2.75) is 99.7 Å². The van der Waals surface area contributed by atoms with Crippen LogP contribution in [-0.2, 0) is 19.1 Å². The van der Waals surface area contributed by atoms with Crippen LogP contribution in [0.3, 0.4) is 0 Å². The smallest absolute Gasteiger partial charge is 0.407 e. The number of carbonyl (C=O) groups is 3. The van der Waals surface area contributed by atoms with Gasteiger partial charge < -0.3 is 25.0 Å². The van der Waals surface area contributed by atoms with E-state index in [9.17, 15) is 19.5 Å². The van der Waals surface area contributed by atoms with Crippen molar-refractivity contribution < 1.29 is 34.1 Å². The third-order valence-electron chi connectivity index (χ3n) is 7.04. The van der Waals surface area contributed by atoms with E-state index in [2.05, 4.69) is 17.5 Å². The average Bonchev–Trinajstić information content (AvgIpc) is 2.99. The predicted molar refractivity (Wildman–Crippen MR) is 178 cm³/mol. The molecule has 8 nitrogen and oxygen atoms in total. The van der Waals surface area contributed by atoms with Gasteiger partial charge in [-0.05, 0) is 64.5 Å². The fraction of sp³-hybridized carbons (Fsp3) is 0.583. The number of esters is 1. The standard InChI is InChI=1S/C34H51NO7.C2H6/c1-24(16-17-30-14-10-15-31(37)42-30)12-8-7-9-13-25(2)22-27(4)32(38)29(6)33(39)28(5)23-26(3)18-21-41-34(40)35-19-11-20-36;1-2/h9-10,12-13,15-18,22,27-30,33,36,39H,7-8,11,14,19-21,23H2,1-6H3,(H,35,40);1-2H3/b13-9+,17-16+,24-12-,25-22+,26-18+;. The van der Waals surface area contributed by atoms with Gasteiger partial charge in [0.2, 0.25) is 0 Å². The number of alkyl carbamates (subject to hydrolysis) is 1. The van der Waals surface area contributed by atoms with Crippen molar-refractivity contribution >= 4 is 17.8 Å². The molecule has 3 N–H and O–H groups in total. The molecular formula is C36H57NO7. The van der Waals surface area contributed by atoms with Crippen molar-refractivity contribution in [3.05, 3.63) is 71.4 Å². The summed E-state index contributed by atoms with van der Waals surface area (Å²) in [5, 5.41) is 22.2. The minimum atomic E-state index is -0.791. The molecule has 0 fully saturated rings. The zero-order valence-corrected chi connectivity index (χ0v) is 28.2. The van der Waals surface area contributed by atoms with Crippen LogP contribution in [0.1, 0.15) is 87.5 Å². The van der Waals surface area contributed by atoms with Gasteiger partial charge in [-0.3, -0.25) is 4.79 Å². The van der Waals surface area contributed by atoms with Gasteiger partial charge in [0.05, 0.1) is 6.10 Å². The van der Waals surface area contributed by atoms with Crippen molar-refractivity contribution in [2.75, 3.05) is 19.8 Å². The number of hydrogen-bond donors (Lipinski definition) is 3. The highest BCUT2D eigenvalue weighted by Gasteiger charge is 2.29. The predicted octanol–water partition coefficient (Wildman–Crippen LogP) is 6.95. The molecule has 0 aromatic carbocycles. The molecule has 5 atom stereocenters. The first-order chi connectivity index (χ1) is 20.9. The number of allylic oxidation sites excluding steroid dienone is 8. The van der Waals surface area contributed by atoms with Crippen LogP contribution in [0.5, 0.6) is 0 Å². The second-order valence-corrected chi connectivity index (χ2v) is 11.1. The minimum absolute atomic E-state index is 0.00361. The minimum Gasteiger partial charge on any atom is -0.455 e. The SMILES string of the molecule is CC.CC(=C/CC/C=C/C(C)=C/C(C)C(=O)C(C)C(O)C(C)C/C(C)=C/COC(=O)NCCCO)/C=C/C1CC=CC(=O)O1. The molecule has 1 rings (SSSR count). The number of ether oxygens (including phenoxy) is 2. The van der Waals surface area contributed by atoms with Gasteiger partial charge in [0, 0.05) is 37.5 Å². The Balaban J connectivity index is 0.00000904. The molecule has 0 saturated carbocycles. The molecule has 1 aliphatic rings. The molecular weight excluding hydrogens is 558 g/mol. The lowest BCUT2D eigenvalue weighted by Crippen LogP contribution is -2.34. The molecule has 8 heteroatoms. The van der Waals surface area contributed by atoms with Gasteiger partial charge >= 0.3 is 12.1 Å². The molecule has 1 aliphatic heterocycles. The Labute approximate surface area is 265 Å². The van der Waals surface area contributed by atoms with E-state index in [0.717, 1.165) is 29.6 Å². The number of ketones is 1. The number of Topliss-reactive ketones (excluding diaryl/α,β-unsaturated/α-hetero) is 1. The summed E-state index contributed by atoms with van der Waals surface area (Å²) >= 11 is 0. The van der Waals surface area contributed by atoms with Gasteiger partial charge in [-0.1, -0.05) is 87.8 Å². The van der Waals surface area contributed by atoms with E-state index in [1.165, 1.54) is 6.08 Å². The summed E-state index contributed by atoms with van der Waals surface area (Å²) in [6, 6.07) is 0. The second kappa shape index (κ2) is 24.1. The Bertz CT molecular complexity index is 1050. The number of unbranched alkanes of at least 4 members (excludes halogenated alkanes) is 1. The molecule has 44 heavy (non-hydrogen) atoms. The highest BCUT2D eigenvalue weighted by atomic mass is 16.5. The molecule has 5 unspecified atom stereocenters. The highest BCUT2D eigenvalue weighted by Crippen LogP contribution is 2.24. The summed E-state index contributed by atoms with van der Waals surface area (Å²) in [4.78, 5) is 35.9. The topological polar surface area (TPSA) is 122 Å². The summed E-state index contributed by atoms with van der Waals surface area (Å²) in [5.41, 5.74) is 3.07. The Morgan fingerprint density at radius 2 is 1.80 bits per heavy atom. The van der Waals surface area contributed by atoms with Crippen LogP contribution in [0, 0.1) is 17.8 Å². The zero-order valence-electron chi connectivity index (χ0n) is 28.2. The monoisotopic (exact) mass is 615 g/mol. The summed E-state index contributed by atoms with van der Waals surface area (Å²) in [6.07, 6.45) is 19.1. The van der Waals surface area contributed by atoms with Crippen LogP contribution < -0.4 is 5.32 Å². The molecule has 248 valence electrons. The molecule has 0 aromatic heterocycles. The fourth-order valence-electron chi connectivity index (χ4n) is 4.56. The second-order valence-electron chi connectivity index (χ2n) is 11.1. The van der Waals surface area contributed by atoms with Crippen molar-refractivity contribution in [3.8, 4) is 0 Å². The Morgan fingerprint density at radius 3 is 2.45 bits per heavy atom. The van der Waals surface area contributed by atoms with Crippen molar-refractivity contribution in [1.29, 1.82) is 0 Å². The van der Waals surface area contributed by atoms with Gasteiger partial charge in [-0.25, -0.2) is 9.59 Å². The molecule has 0 aliphatic carbocycles. The maximum atomic E-state index is 13.0. The van der Waals surface area contributed by atoms with Crippen LogP contribution in [-0.4, -0.2) is 60.0 Å². The number of rotatable bonds is 18. The summed E-state index contributed by atoms with van der Waals surface area (Å²) in [5.74, 6) is -1.29. The molecule has 1 amide bonds. The van der Waals surface area contributed by atoms with E-state index in [1.54, 1.807) is 13.0 Å². The van der Waals surface area contributed by atoms with Crippen molar-refractivity contribution in [2.24, 2.45) is 17.8 Å². The normalized spacial score (nSPS) is 18.7. The van der Waals surface area contributed by atoms with Gasteiger partial charge in [-0.2, -0.15) is 0 Å². The number of aliphatic hydroxyl groups excluding tert-OH is 2. The van der Waals surface area contributed by atoms with Crippen LogP contribution in [0.25, 0.3) is 0 Å². The van der Waals surface area contributed by atoms with Crippen molar-refractivity contribution in [3.63, 3.8) is 0 Å². The molecule has 0 aromatic rings. The van der Waals surface area contributed by atoms with E-state index in [1.807, 2.05) is 78.8 Å². The number of carbonyl (C=O) groups excluding carboxylic acids is 3. The molecule has 0 spiro atoms. The van der Waals surface area contributed by atoms with Crippen LogP contribution in [0.4, 0.5) is 4.79 Å². The van der Waals surface area contributed by atoms with E-state index in [-0.39, 0.29) is 42.9 Å². The Kier molecular flexibility index (Phi) is 22.4. The number of cyclic esters (lactones) is 1. The first-order valence-electron chi connectivity index (χ1n) is 15.9. The first kappa shape index (κ1) is 40.8. The lowest BCUT2D eigenvalue weighted by atomic mass is 9.83. The number of hydrogen-bond acceptors (Lipinski definition) is 7. The summed E-state index contributed by atoms with van der Waals surface area (Å²) < 4.78 is 10.3. The quantitative estimate of drug-likeness (QED) is 0.0660. The van der Waals surface area contributed by atoms with E-state index in [0.29, 0.717) is 25.8 Å². The lowest BCUT2D eigenvalue weighted by molar-refractivity contribution is -0.141. The van der Waals surface area contributed by atoms with Gasteiger partial charge in [0.15, 0.2) is 0 Å². The van der Waals surface area contributed by atoms with Crippen LogP contribution >= 0.6 is 0 Å². The van der Waals surface area contributed by atoms with Gasteiger partial charge in [0.1, 0.15) is 18.5 Å². The molecule has 0 radical (unpaired) electrons. The van der Waals surface area contributed by atoms with E-state index >= 15 is 0 Å². The Hall–Kier alpha value is -3.23. The van der Waals surface area contributed by atoms with E-state index < -0.39 is 18.1 Å². The largest absolute Gasteiger partial charge is 0.455 e. The zero-order chi connectivity index (χ0) is 33.5. The van der Waals surface area contributed by atoms with Crippen LogP contribution in [0.2, 0.25) is 0 Å². The maximum absolute atomic E-state index is 13.0. The third kappa shape index (κ3) is 18.4. The Morgan fingerprint density at radius 1 is 1.09 bits per heavy atom. The van der Waals surface area contributed by atoms with E-state index in [4.69, 9.17) is 14.6 Å². The number of amides is 1. The molecule has 0 saturated heterocycles. The van der Waals surface area contributed by atoms with Crippen molar-refractivity contribution in [1.82, 2.24) is 5.32 Å². The number of aliphatic hydroxyl groups is 2. The van der Waals surface area contributed by atoms with Gasteiger partial charge in [-0.15, -0.1) is 0 Å². The fourth-order valence-corrected chi connectivity index (χ4v) is 4.56. The summed E-state index contributed by atoms with van der Waals surface area (Å²) in [7, 11) is 0. The highest BCUT2D eigenvalue weighted by molar-refractivity contribution is 5.85.